The highest BCUT2D eigenvalue weighted by atomic mass is 16.5. The van der Waals surface area contributed by atoms with E-state index in [9.17, 15) is 14.4 Å². The van der Waals surface area contributed by atoms with E-state index in [1.165, 1.54) is 27.4 Å². The number of hydrogen-bond acceptors (Lipinski definition) is 8. The van der Waals surface area contributed by atoms with E-state index < -0.39 is 11.9 Å². The van der Waals surface area contributed by atoms with Gasteiger partial charge in [0.05, 0.1) is 26.9 Å². The van der Waals surface area contributed by atoms with Crippen molar-refractivity contribution in [3.63, 3.8) is 0 Å². The number of nitrogens with one attached hydrogen (secondary N) is 1. The second-order valence-corrected chi connectivity index (χ2v) is 6.32. The highest BCUT2D eigenvalue weighted by molar-refractivity contribution is 6.14. The van der Waals surface area contributed by atoms with E-state index in [2.05, 4.69) is 10.1 Å². The van der Waals surface area contributed by atoms with Crippen LogP contribution in [0, 0.1) is 0 Å². The van der Waals surface area contributed by atoms with Gasteiger partial charge in [0.1, 0.15) is 18.0 Å². The monoisotopic (exact) mass is 427 g/mol. The summed E-state index contributed by atoms with van der Waals surface area (Å²) in [5, 5.41) is 2.36. The van der Waals surface area contributed by atoms with Crippen LogP contribution in [0.4, 0.5) is 0 Å². The summed E-state index contributed by atoms with van der Waals surface area (Å²) >= 11 is 0. The van der Waals surface area contributed by atoms with Gasteiger partial charge >= 0.3 is 5.97 Å². The standard InChI is InChI=1S/C22H21NO8/c1-27-16-6-4-5-13(22(16)29-3)9-18-21(26)15-8-7-14(10-17(15)31-18)30-12-19(24)23-11-20(25)28-2/h4-10H,11-12H2,1-3H3,(H,23,24)/b18-9-. The maximum absolute atomic E-state index is 12.7. The summed E-state index contributed by atoms with van der Waals surface area (Å²) in [7, 11) is 4.26. The van der Waals surface area contributed by atoms with Crippen LogP contribution in [0.15, 0.2) is 42.2 Å². The lowest BCUT2D eigenvalue weighted by molar-refractivity contribution is -0.141. The quantitative estimate of drug-likeness (QED) is 0.503. The van der Waals surface area contributed by atoms with Crippen molar-refractivity contribution in [3.05, 3.63) is 53.3 Å². The zero-order valence-electron chi connectivity index (χ0n) is 17.2. The summed E-state index contributed by atoms with van der Waals surface area (Å²) in [5.41, 5.74) is 0.993. The number of allylic oxidation sites excluding steroid dienone is 1. The number of ether oxygens (including phenoxy) is 5. The Balaban J connectivity index is 1.71. The smallest absolute Gasteiger partial charge is 0.325 e. The number of Topliss-reactive ketones (excluding diaryl/α,β-unsaturated/α-hetero) is 1. The topological polar surface area (TPSA) is 109 Å². The van der Waals surface area contributed by atoms with Gasteiger partial charge < -0.3 is 29.0 Å². The van der Waals surface area contributed by atoms with Crippen LogP contribution in [-0.2, 0) is 14.3 Å². The second-order valence-electron chi connectivity index (χ2n) is 6.32. The Morgan fingerprint density at radius 1 is 1.10 bits per heavy atom. The zero-order valence-corrected chi connectivity index (χ0v) is 17.2. The van der Waals surface area contributed by atoms with E-state index in [0.29, 0.717) is 34.1 Å². The first-order chi connectivity index (χ1) is 15.0. The summed E-state index contributed by atoms with van der Waals surface area (Å²) in [6.07, 6.45) is 1.57. The normalized spacial score (nSPS) is 13.3. The third-order valence-corrected chi connectivity index (χ3v) is 4.39. The van der Waals surface area contributed by atoms with Crippen molar-refractivity contribution in [3.8, 4) is 23.0 Å². The molecule has 0 unspecified atom stereocenters. The number of benzene rings is 2. The van der Waals surface area contributed by atoms with Gasteiger partial charge in [-0.05, 0) is 24.3 Å². The lowest BCUT2D eigenvalue weighted by Gasteiger charge is -2.10. The number of methoxy groups -OCH3 is 3. The van der Waals surface area contributed by atoms with Gasteiger partial charge in [-0.25, -0.2) is 0 Å². The summed E-state index contributed by atoms with van der Waals surface area (Å²) in [4.78, 5) is 35.5. The minimum absolute atomic E-state index is 0.120. The molecule has 9 heteroatoms. The molecule has 2 aromatic rings. The van der Waals surface area contributed by atoms with Crippen molar-refractivity contribution in [2.24, 2.45) is 0 Å². The molecule has 1 N–H and O–H groups in total. The molecule has 9 nitrogen and oxygen atoms in total. The second kappa shape index (κ2) is 9.66. The molecule has 1 aliphatic heterocycles. The molecule has 0 atom stereocenters. The van der Waals surface area contributed by atoms with E-state index in [1.54, 1.807) is 36.4 Å². The van der Waals surface area contributed by atoms with Crippen LogP contribution in [0.5, 0.6) is 23.0 Å². The Hall–Kier alpha value is -4.01. The number of esters is 1. The van der Waals surface area contributed by atoms with Crippen LogP contribution in [0.25, 0.3) is 6.08 Å². The number of ketones is 1. The van der Waals surface area contributed by atoms with Crippen molar-refractivity contribution in [2.75, 3.05) is 34.5 Å². The van der Waals surface area contributed by atoms with Crippen molar-refractivity contribution in [1.82, 2.24) is 5.32 Å². The van der Waals surface area contributed by atoms with Crippen LogP contribution in [0.2, 0.25) is 0 Å². The Kier molecular flexibility index (Phi) is 6.76. The maximum atomic E-state index is 12.7. The summed E-state index contributed by atoms with van der Waals surface area (Å²) in [6, 6.07) is 9.93. The third kappa shape index (κ3) is 4.95. The van der Waals surface area contributed by atoms with E-state index in [1.807, 2.05) is 0 Å². The van der Waals surface area contributed by atoms with Crippen molar-refractivity contribution >= 4 is 23.7 Å². The largest absolute Gasteiger partial charge is 0.493 e. The first-order valence-corrected chi connectivity index (χ1v) is 9.22. The molecule has 0 spiro atoms. The molecule has 1 aliphatic rings. The van der Waals surface area contributed by atoms with Crippen LogP contribution in [-0.4, -0.2) is 52.1 Å². The van der Waals surface area contributed by atoms with Gasteiger partial charge in [0, 0.05) is 11.6 Å². The summed E-state index contributed by atoms with van der Waals surface area (Å²) in [6.45, 7) is -0.560. The molecule has 2 aromatic carbocycles. The molecule has 0 fully saturated rings. The molecular formula is C22H21NO8. The fourth-order valence-electron chi connectivity index (χ4n) is 2.87. The van der Waals surface area contributed by atoms with Gasteiger partial charge in [0.15, 0.2) is 23.9 Å². The number of fused-ring (bicyclic) bond motifs is 1. The molecule has 31 heavy (non-hydrogen) atoms. The molecule has 0 saturated heterocycles. The van der Waals surface area contributed by atoms with Gasteiger partial charge in [-0.1, -0.05) is 12.1 Å². The molecule has 0 radical (unpaired) electrons. The van der Waals surface area contributed by atoms with Crippen LogP contribution in [0.3, 0.4) is 0 Å². The number of hydrogen-bond donors (Lipinski definition) is 1. The number of carbonyl (C=O) groups excluding carboxylic acids is 3. The summed E-state index contributed by atoms with van der Waals surface area (Å²) < 4.78 is 26.2. The molecule has 0 aliphatic carbocycles. The molecular weight excluding hydrogens is 406 g/mol. The summed E-state index contributed by atoms with van der Waals surface area (Å²) in [5.74, 6) is 0.425. The number of carbonyl (C=O) groups is 3. The molecule has 1 heterocycles. The average molecular weight is 427 g/mol. The Bertz CT molecular complexity index is 1040. The average Bonchev–Trinajstić information content (AvgIpc) is 3.10. The van der Waals surface area contributed by atoms with Crippen molar-refractivity contribution < 1.29 is 38.1 Å². The first-order valence-electron chi connectivity index (χ1n) is 9.22. The van der Waals surface area contributed by atoms with Crippen molar-refractivity contribution in [2.45, 2.75) is 0 Å². The van der Waals surface area contributed by atoms with Gasteiger partial charge in [0.25, 0.3) is 5.91 Å². The highest BCUT2D eigenvalue weighted by Gasteiger charge is 2.28. The van der Waals surface area contributed by atoms with Crippen LogP contribution >= 0.6 is 0 Å². The SMILES string of the molecule is COC(=O)CNC(=O)COc1ccc2c(c1)O/C(=C\c1cccc(OC)c1OC)C2=O. The minimum atomic E-state index is -0.565. The fourth-order valence-corrected chi connectivity index (χ4v) is 2.87. The Morgan fingerprint density at radius 3 is 2.61 bits per heavy atom. The highest BCUT2D eigenvalue weighted by Crippen LogP contribution is 2.37. The molecule has 0 saturated carbocycles. The van der Waals surface area contributed by atoms with E-state index >= 15 is 0 Å². The fraction of sp³-hybridized carbons (Fsp3) is 0.227. The lowest BCUT2D eigenvalue weighted by Crippen LogP contribution is -2.33. The third-order valence-electron chi connectivity index (χ3n) is 4.39. The van der Waals surface area contributed by atoms with Gasteiger partial charge in [0.2, 0.25) is 5.78 Å². The molecule has 1 amide bonds. The molecule has 162 valence electrons. The van der Waals surface area contributed by atoms with Crippen LogP contribution in [0.1, 0.15) is 15.9 Å². The Morgan fingerprint density at radius 2 is 1.90 bits per heavy atom. The Labute approximate surface area is 178 Å². The zero-order chi connectivity index (χ0) is 22.4. The molecule has 0 bridgehead atoms. The van der Waals surface area contributed by atoms with E-state index in [0.717, 1.165) is 0 Å². The number of rotatable bonds is 8. The lowest BCUT2D eigenvalue weighted by atomic mass is 10.1. The maximum Gasteiger partial charge on any atom is 0.325 e. The first kappa shape index (κ1) is 21.7. The predicted molar refractivity (Wildman–Crippen MR) is 109 cm³/mol. The number of amides is 1. The van der Waals surface area contributed by atoms with Crippen LogP contribution < -0.4 is 24.3 Å². The molecule has 3 rings (SSSR count). The van der Waals surface area contributed by atoms with Crippen molar-refractivity contribution in [1.29, 1.82) is 0 Å². The van der Waals surface area contributed by atoms with Gasteiger partial charge in [-0.3, -0.25) is 14.4 Å². The van der Waals surface area contributed by atoms with E-state index in [4.69, 9.17) is 18.9 Å². The minimum Gasteiger partial charge on any atom is -0.493 e. The predicted octanol–water partition coefficient (Wildman–Crippen LogP) is 1.99. The van der Waals surface area contributed by atoms with E-state index in [-0.39, 0.29) is 24.7 Å². The van der Waals surface area contributed by atoms with Gasteiger partial charge in [-0.2, -0.15) is 0 Å². The van der Waals surface area contributed by atoms with Gasteiger partial charge in [-0.15, -0.1) is 0 Å². The molecule has 0 aromatic heterocycles. The number of para-hydroxylation sites is 1.